The molecular formula is C23H20N2O4. The number of aromatic nitrogens is 1. The Hall–Kier alpha value is -3.54. The van der Waals surface area contributed by atoms with Crippen molar-refractivity contribution in [3.63, 3.8) is 0 Å². The van der Waals surface area contributed by atoms with Gasteiger partial charge in [-0.1, -0.05) is 48.0 Å². The van der Waals surface area contributed by atoms with E-state index in [0.717, 1.165) is 16.0 Å². The van der Waals surface area contributed by atoms with Crippen LogP contribution in [0.25, 0.3) is 22.2 Å². The smallest absolute Gasteiger partial charge is 0.339 e. The Kier molecular flexibility index (Phi) is 5.08. The molecule has 2 amide bonds. The van der Waals surface area contributed by atoms with Crippen LogP contribution in [0.5, 0.6) is 0 Å². The van der Waals surface area contributed by atoms with E-state index < -0.39 is 18.5 Å². The molecule has 0 atom stereocenters. The maximum absolute atomic E-state index is 12.8. The second-order valence-electron chi connectivity index (χ2n) is 7.06. The van der Waals surface area contributed by atoms with Crippen molar-refractivity contribution < 1.29 is 19.1 Å². The van der Waals surface area contributed by atoms with Crippen LogP contribution in [0.2, 0.25) is 0 Å². The van der Waals surface area contributed by atoms with Gasteiger partial charge in [-0.25, -0.2) is 9.78 Å². The van der Waals surface area contributed by atoms with Gasteiger partial charge in [0.1, 0.15) is 0 Å². The monoisotopic (exact) mass is 388 g/mol. The maximum atomic E-state index is 12.8. The van der Waals surface area contributed by atoms with Crippen LogP contribution >= 0.6 is 0 Å². The number of benzene rings is 2. The normalized spacial score (nSPS) is 13.7. The fraction of sp³-hybridized carbons (Fsp3) is 0.217. The molecule has 0 radical (unpaired) electrons. The van der Waals surface area contributed by atoms with E-state index in [2.05, 4.69) is 4.98 Å². The number of imide groups is 1. The number of hydrogen-bond donors (Lipinski definition) is 0. The van der Waals surface area contributed by atoms with E-state index in [0.29, 0.717) is 41.5 Å². The standard InChI is InChI=1S/C23H20N2O4/c1-15-8-10-16(11-9-15)20-13-18(17-5-2-3-6-19(17)24-20)23(28)29-14-22(27)25-12-4-7-21(25)26/h2-3,5-6,8-11,13H,4,7,12,14H2,1H3. The van der Waals surface area contributed by atoms with E-state index >= 15 is 0 Å². The molecule has 0 N–H and O–H groups in total. The van der Waals surface area contributed by atoms with Gasteiger partial charge in [-0.2, -0.15) is 0 Å². The Morgan fingerprint density at radius 2 is 1.86 bits per heavy atom. The summed E-state index contributed by atoms with van der Waals surface area (Å²) in [5.74, 6) is -1.32. The predicted octanol–water partition coefficient (Wildman–Crippen LogP) is 3.52. The van der Waals surface area contributed by atoms with Crippen molar-refractivity contribution >= 4 is 28.7 Å². The van der Waals surface area contributed by atoms with Gasteiger partial charge in [-0.3, -0.25) is 14.5 Å². The number of fused-ring (bicyclic) bond motifs is 1. The molecule has 1 fully saturated rings. The van der Waals surface area contributed by atoms with Crippen LogP contribution in [0.3, 0.4) is 0 Å². The van der Waals surface area contributed by atoms with Crippen LogP contribution in [0, 0.1) is 6.92 Å². The number of amides is 2. The first kappa shape index (κ1) is 18.8. The van der Waals surface area contributed by atoms with E-state index in [4.69, 9.17) is 4.74 Å². The number of carbonyl (C=O) groups is 3. The highest BCUT2D eigenvalue weighted by Crippen LogP contribution is 2.26. The molecule has 0 bridgehead atoms. The molecule has 0 spiro atoms. The third kappa shape index (κ3) is 3.87. The third-order valence-corrected chi connectivity index (χ3v) is 4.98. The SMILES string of the molecule is Cc1ccc(-c2cc(C(=O)OCC(=O)N3CCCC3=O)c3ccccc3n2)cc1. The van der Waals surface area contributed by atoms with E-state index in [9.17, 15) is 14.4 Å². The molecule has 29 heavy (non-hydrogen) atoms. The lowest BCUT2D eigenvalue weighted by atomic mass is 10.0. The summed E-state index contributed by atoms with van der Waals surface area (Å²) in [5, 5.41) is 0.651. The van der Waals surface area contributed by atoms with Crippen LogP contribution < -0.4 is 0 Å². The zero-order valence-corrected chi connectivity index (χ0v) is 16.1. The van der Waals surface area contributed by atoms with E-state index in [-0.39, 0.29) is 5.91 Å². The number of aryl methyl sites for hydroxylation is 1. The van der Waals surface area contributed by atoms with Crippen molar-refractivity contribution in [3.8, 4) is 11.3 Å². The molecule has 4 rings (SSSR count). The quantitative estimate of drug-likeness (QED) is 0.639. The Balaban J connectivity index is 1.63. The van der Waals surface area contributed by atoms with Gasteiger partial charge >= 0.3 is 5.97 Å². The fourth-order valence-corrected chi connectivity index (χ4v) is 3.41. The molecular weight excluding hydrogens is 368 g/mol. The van der Waals surface area contributed by atoms with Crippen LogP contribution in [0.1, 0.15) is 28.8 Å². The number of likely N-dealkylation sites (tertiary alicyclic amines) is 1. The first-order valence-electron chi connectivity index (χ1n) is 9.50. The number of para-hydroxylation sites is 1. The molecule has 3 aromatic rings. The molecule has 1 aliphatic heterocycles. The number of esters is 1. The topological polar surface area (TPSA) is 76.6 Å². The summed E-state index contributed by atoms with van der Waals surface area (Å²) in [5.41, 5.74) is 3.67. The zero-order valence-electron chi connectivity index (χ0n) is 16.1. The van der Waals surface area contributed by atoms with E-state index in [1.165, 1.54) is 0 Å². The van der Waals surface area contributed by atoms with E-state index in [1.54, 1.807) is 12.1 Å². The number of rotatable bonds is 4. The Bertz CT molecular complexity index is 1110. The highest BCUT2D eigenvalue weighted by Gasteiger charge is 2.27. The minimum Gasteiger partial charge on any atom is -0.452 e. The molecule has 0 saturated carbocycles. The molecule has 2 aromatic carbocycles. The van der Waals surface area contributed by atoms with Crippen LogP contribution in [-0.4, -0.2) is 40.8 Å². The summed E-state index contributed by atoms with van der Waals surface area (Å²) in [6.45, 7) is 1.93. The van der Waals surface area contributed by atoms with Crippen molar-refractivity contribution in [2.75, 3.05) is 13.2 Å². The summed E-state index contributed by atoms with van der Waals surface area (Å²) >= 11 is 0. The number of carbonyl (C=O) groups excluding carboxylic acids is 3. The molecule has 0 unspecified atom stereocenters. The summed E-state index contributed by atoms with van der Waals surface area (Å²) < 4.78 is 5.26. The second-order valence-corrected chi connectivity index (χ2v) is 7.06. The lowest BCUT2D eigenvalue weighted by Gasteiger charge is -2.14. The molecule has 6 nitrogen and oxygen atoms in total. The van der Waals surface area contributed by atoms with Gasteiger partial charge in [0.2, 0.25) is 5.91 Å². The molecule has 2 heterocycles. The van der Waals surface area contributed by atoms with Gasteiger partial charge in [-0.05, 0) is 25.5 Å². The molecule has 6 heteroatoms. The predicted molar refractivity (Wildman–Crippen MR) is 108 cm³/mol. The minimum atomic E-state index is -0.614. The number of ether oxygens (including phenoxy) is 1. The molecule has 1 saturated heterocycles. The number of hydrogen-bond acceptors (Lipinski definition) is 5. The first-order chi connectivity index (χ1) is 14.0. The highest BCUT2D eigenvalue weighted by molar-refractivity contribution is 6.05. The van der Waals surface area contributed by atoms with Crippen LogP contribution in [0.15, 0.2) is 54.6 Å². The van der Waals surface area contributed by atoms with Crippen molar-refractivity contribution in [3.05, 3.63) is 65.7 Å². The Morgan fingerprint density at radius 1 is 1.10 bits per heavy atom. The highest BCUT2D eigenvalue weighted by atomic mass is 16.5. The Labute approximate surface area is 168 Å². The maximum Gasteiger partial charge on any atom is 0.339 e. The molecule has 1 aliphatic rings. The lowest BCUT2D eigenvalue weighted by Crippen LogP contribution is -2.35. The summed E-state index contributed by atoms with van der Waals surface area (Å²) in [6, 6.07) is 16.8. The summed E-state index contributed by atoms with van der Waals surface area (Å²) in [6.07, 6.45) is 1.00. The molecule has 0 aliphatic carbocycles. The molecule has 1 aromatic heterocycles. The van der Waals surface area contributed by atoms with Crippen LogP contribution in [0.4, 0.5) is 0 Å². The fourth-order valence-electron chi connectivity index (χ4n) is 3.41. The zero-order chi connectivity index (χ0) is 20.4. The van der Waals surface area contributed by atoms with Crippen molar-refractivity contribution in [1.29, 1.82) is 0 Å². The average molecular weight is 388 g/mol. The first-order valence-corrected chi connectivity index (χ1v) is 9.50. The molecule has 146 valence electrons. The largest absolute Gasteiger partial charge is 0.452 e. The minimum absolute atomic E-state index is 0.220. The van der Waals surface area contributed by atoms with Gasteiger partial charge in [-0.15, -0.1) is 0 Å². The van der Waals surface area contributed by atoms with Gasteiger partial charge < -0.3 is 4.74 Å². The van der Waals surface area contributed by atoms with Gasteiger partial charge in [0, 0.05) is 23.9 Å². The summed E-state index contributed by atoms with van der Waals surface area (Å²) in [7, 11) is 0. The van der Waals surface area contributed by atoms with Crippen LogP contribution in [-0.2, 0) is 14.3 Å². The van der Waals surface area contributed by atoms with Crippen molar-refractivity contribution in [2.45, 2.75) is 19.8 Å². The van der Waals surface area contributed by atoms with E-state index in [1.807, 2.05) is 49.4 Å². The van der Waals surface area contributed by atoms with Gasteiger partial charge in [0.25, 0.3) is 5.91 Å². The summed E-state index contributed by atoms with van der Waals surface area (Å²) in [4.78, 5) is 42.5. The lowest BCUT2D eigenvalue weighted by molar-refractivity contribution is -0.143. The van der Waals surface area contributed by atoms with Crippen molar-refractivity contribution in [1.82, 2.24) is 9.88 Å². The van der Waals surface area contributed by atoms with Gasteiger partial charge in [0.15, 0.2) is 6.61 Å². The average Bonchev–Trinajstić information content (AvgIpc) is 3.17. The van der Waals surface area contributed by atoms with Crippen molar-refractivity contribution in [2.24, 2.45) is 0 Å². The number of pyridine rings is 1. The third-order valence-electron chi connectivity index (χ3n) is 4.98. The van der Waals surface area contributed by atoms with Gasteiger partial charge in [0.05, 0.1) is 16.8 Å². The Morgan fingerprint density at radius 3 is 2.59 bits per heavy atom. The number of nitrogens with zero attached hydrogens (tertiary/aromatic N) is 2. The second kappa shape index (κ2) is 7.83.